The number of hydrogen-bond acceptors (Lipinski definition) is 10. The van der Waals surface area contributed by atoms with Crippen LogP contribution in [0.1, 0.15) is 73.1 Å². The van der Waals surface area contributed by atoms with Gasteiger partial charge in [-0.3, -0.25) is 14.4 Å². The summed E-state index contributed by atoms with van der Waals surface area (Å²) in [5.74, 6) is -4.49. The van der Waals surface area contributed by atoms with Crippen molar-refractivity contribution in [3.05, 3.63) is 23.8 Å². The van der Waals surface area contributed by atoms with Crippen LogP contribution in [0.25, 0.3) is 0 Å². The quantitative estimate of drug-likeness (QED) is 0.239. The number of rotatable bonds is 11. The van der Waals surface area contributed by atoms with Gasteiger partial charge in [0.1, 0.15) is 18.3 Å². The third kappa shape index (κ3) is 5.40. The molecule has 4 aliphatic carbocycles. The summed E-state index contributed by atoms with van der Waals surface area (Å²) >= 11 is 0. The smallest absolute Gasteiger partial charge is 0.329 e. The predicted molar refractivity (Wildman–Crippen MR) is 164 cm³/mol. The van der Waals surface area contributed by atoms with Gasteiger partial charge < -0.3 is 35.5 Å². The number of esters is 1. The van der Waals surface area contributed by atoms with Gasteiger partial charge in [0, 0.05) is 16.7 Å². The summed E-state index contributed by atoms with van der Waals surface area (Å²) in [6.45, 7) is 7.44. The first-order valence-electron chi connectivity index (χ1n) is 16.7. The van der Waals surface area contributed by atoms with Crippen LogP contribution in [0.3, 0.4) is 0 Å². The van der Waals surface area contributed by atoms with Gasteiger partial charge >= 0.3 is 5.97 Å². The molecule has 0 aromatic rings. The fourth-order valence-electron chi connectivity index (χ4n) is 9.28. The summed E-state index contributed by atoms with van der Waals surface area (Å²) in [5, 5.41) is 23.5. The second-order valence-corrected chi connectivity index (χ2v) is 14.8. The van der Waals surface area contributed by atoms with Crippen LogP contribution in [0.2, 0.25) is 0 Å². The van der Waals surface area contributed by atoms with Crippen molar-refractivity contribution < 1.29 is 52.4 Å². The van der Waals surface area contributed by atoms with Gasteiger partial charge in [0.2, 0.25) is 11.7 Å². The Hall–Kier alpha value is -2.58. The summed E-state index contributed by atoms with van der Waals surface area (Å²) in [6.07, 6.45) is -0.348. The second kappa shape index (κ2) is 12.7. The minimum Gasteiger partial charge on any atom is -0.456 e. The lowest BCUT2D eigenvalue weighted by atomic mass is 9.44. The standard InChI is InChI=1S/C34H48F2N2O9/c1-6-7-28-46-27-13-19-20-12-22(35)21-11-18(40)8-9-31(21,4)33(20,36)25(41)14-32(19,5)34(27,47-28)26(42)16-45-30(44)24(10-17(2)3)38-29(43)23(37)15-39/h8-9,11,17,19-20,22-25,27-28,39,41H,6-7,10,12-16,37H2,1-5H3,(H,38,43)/t19-,20-,22-,23-,24-,25-,27+,28?,31-,32-,33-,34+/m0/s1. The molecule has 11 nitrogen and oxygen atoms in total. The first-order chi connectivity index (χ1) is 22.0. The summed E-state index contributed by atoms with van der Waals surface area (Å²) in [6, 6.07) is -2.40. The van der Waals surface area contributed by atoms with Crippen molar-refractivity contribution in [2.45, 2.75) is 121 Å². The molecule has 1 heterocycles. The van der Waals surface area contributed by atoms with Crippen LogP contribution in [0.5, 0.6) is 0 Å². The highest BCUT2D eigenvalue weighted by Crippen LogP contribution is 2.72. The molecular formula is C34H48F2N2O9. The Kier molecular flexibility index (Phi) is 9.66. The minimum atomic E-state index is -2.35. The highest BCUT2D eigenvalue weighted by atomic mass is 19.1. The number of halogens is 2. The van der Waals surface area contributed by atoms with Gasteiger partial charge in [0.15, 0.2) is 29.9 Å². The first-order valence-corrected chi connectivity index (χ1v) is 16.7. The van der Waals surface area contributed by atoms with Crippen LogP contribution >= 0.6 is 0 Å². The van der Waals surface area contributed by atoms with Gasteiger partial charge in [0.25, 0.3) is 0 Å². The molecule has 1 unspecified atom stereocenters. The number of amides is 1. The maximum atomic E-state index is 17.7. The van der Waals surface area contributed by atoms with E-state index in [1.54, 1.807) is 6.92 Å². The molecule has 0 bridgehead atoms. The van der Waals surface area contributed by atoms with Crippen LogP contribution < -0.4 is 11.1 Å². The number of fused-ring (bicyclic) bond motifs is 7. The number of aliphatic hydroxyl groups is 2. The molecule has 3 saturated carbocycles. The maximum Gasteiger partial charge on any atom is 0.329 e. The van der Waals surface area contributed by atoms with Gasteiger partial charge in [-0.05, 0) is 68.6 Å². The zero-order valence-corrected chi connectivity index (χ0v) is 27.7. The molecule has 13 heteroatoms. The largest absolute Gasteiger partial charge is 0.456 e. The van der Waals surface area contributed by atoms with Crippen LogP contribution in [0, 0.1) is 28.6 Å². The first kappa shape index (κ1) is 35.7. The number of ketones is 2. The van der Waals surface area contributed by atoms with Crippen molar-refractivity contribution in [2.24, 2.45) is 34.3 Å². The minimum absolute atomic E-state index is 0.000735. The zero-order valence-electron chi connectivity index (χ0n) is 27.7. The second-order valence-electron chi connectivity index (χ2n) is 14.8. The summed E-state index contributed by atoms with van der Waals surface area (Å²) in [7, 11) is 0. The van der Waals surface area contributed by atoms with Crippen molar-refractivity contribution in [3.8, 4) is 0 Å². The SMILES string of the molecule is CCCC1O[C@@H]2C[C@H]3[C@@H]4C[C@H](F)C5=CC(=O)C=C[C@]5(C)[C@@]4(F)[C@@H](O)C[C@]3(C)[C@]2(C(=O)COC(=O)[C@H](CC(C)C)NC(=O)[C@@H](N)CO)O1. The van der Waals surface area contributed by atoms with E-state index in [0.717, 1.165) is 6.08 Å². The van der Waals surface area contributed by atoms with E-state index < -0.39 is 107 Å². The Labute approximate surface area is 273 Å². The number of aliphatic hydroxyl groups excluding tert-OH is 2. The van der Waals surface area contributed by atoms with E-state index in [-0.39, 0.29) is 37.2 Å². The fraction of sp³-hybridized carbons (Fsp3) is 0.765. The predicted octanol–water partition coefficient (Wildman–Crippen LogP) is 2.16. The highest BCUT2D eigenvalue weighted by molar-refractivity contribution is 6.01. The molecule has 5 aliphatic rings. The number of allylic oxidation sites excluding steroid dienone is 4. The molecule has 0 spiro atoms. The third-order valence-corrected chi connectivity index (χ3v) is 11.5. The van der Waals surface area contributed by atoms with Gasteiger partial charge in [-0.15, -0.1) is 0 Å². The maximum absolute atomic E-state index is 17.7. The average Bonchev–Trinajstić information content (AvgIpc) is 3.49. The topological polar surface area (TPSA) is 174 Å². The summed E-state index contributed by atoms with van der Waals surface area (Å²) in [4.78, 5) is 52.2. The molecule has 1 saturated heterocycles. The summed E-state index contributed by atoms with van der Waals surface area (Å²) in [5.41, 5.74) is -1.31. The van der Waals surface area contributed by atoms with Crippen molar-refractivity contribution >= 4 is 23.4 Å². The van der Waals surface area contributed by atoms with E-state index in [1.807, 2.05) is 20.8 Å². The molecular weight excluding hydrogens is 618 g/mol. The van der Waals surface area contributed by atoms with Gasteiger partial charge in [-0.1, -0.05) is 40.2 Å². The molecule has 0 aromatic heterocycles. The van der Waals surface area contributed by atoms with E-state index in [2.05, 4.69) is 5.32 Å². The van der Waals surface area contributed by atoms with E-state index in [4.69, 9.17) is 19.9 Å². The van der Waals surface area contributed by atoms with Crippen LogP contribution in [0.15, 0.2) is 23.8 Å². The number of carbonyl (C=O) groups excluding carboxylic acids is 4. The number of hydrogen-bond donors (Lipinski definition) is 4. The Balaban J connectivity index is 1.46. The van der Waals surface area contributed by atoms with Crippen molar-refractivity contribution in [1.29, 1.82) is 0 Å². The third-order valence-electron chi connectivity index (χ3n) is 11.5. The Morgan fingerprint density at radius 1 is 1.21 bits per heavy atom. The molecule has 12 atom stereocenters. The van der Waals surface area contributed by atoms with E-state index >= 15 is 8.78 Å². The van der Waals surface area contributed by atoms with E-state index in [9.17, 15) is 29.4 Å². The normalized spacial score (nSPS) is 41.7. The lowest BCUT2D eigenvalue weighted by molar-refractivity contribution is -0.235. The van der Waals surface area contributed by atoms with E-state index in [0.29, 0.717) is 12.8 Å². The van der Waals surface area contributed by atoms with Gasteiger partial charge in [-0.25, -0.2) is 13.6 Å². The molecule has 1 amide bonds. The molecule has 262 valence electrons. The zero-order chi connectivity index (χ0) is 34.7. The Morgan fingerprint density at radius 3 is 2.55 bits per heavy atom. The number of alkyl halides is 2. The van der Waals surface area contributed by atoms with Gasteiger partial charge in [0.05, 0.1) is 18.8 Å². The number of nitrogens with two attached hydrogens (primary N) is 1. The van der Waals surface area contributed by atoms with Crippen LogP contribution in [-0.4, -0.2) is 94.9 Å². The number of Topliss-reactive ketones (excluding diaryl/α,β-unsaturated/α-hetero) is 1. The molecule has 0 radical (unpaired) electrons. The monoisotopic (exact) mass is 666 g/mol. The van der Waals surface area contributed by atoms with Crippen molar-refractivity contribution in [3.63, 3.8) is 0 Å². The Bertz CT molecular complexity index is 1360. The number of carbonyl (C=O) groups is 4. The van der Waals surface area contributed by atoms with Crippen molar-refractivity contribution in [1.82, 2.24) is 5.32 Å². The summed E-state index contributed by atoms with van der Waals surface area (Å²) < 4.78 is 51.8. The molecule has 47 heavy (non-hydrogen) atoms. The van der Waals surface area contributed by atoms with Crippen molar-refractivity contribution in [2.75, 3.05) is 13.2 Å². The van der Waals surface area contributed by atoms with Gasteiger partial charge in [-0.2, -0.15) is 0 Å². The molecule has 5 rings (SSSR count). The van der Waals surface area contributed by atoms with Crippen LogP contribution in [0.4, 0.5) is 8.78 Å². The molecule has 4 fully saturated rings. The molecule has 1 aliphatic heterocycles. The van der Waals surface area contributed by atoms with E-state index in [1.165, 1.54) is 19.1 Å². The lowest BCUT2D eigenvalue weighted by Crippen LogP contribution is -2.71. The lowest BCUT2D eigenvalue weighted by Gasteiger charge is -2.63. The number of ether oxygens (including phenoxy) is 3. The highest BCUT2D eigenvalue weighted by Gasteiger charge is 2.80. The molecule has 5 N–H and O–H groups in total. The Morgan fingerprint density at radius 2 is 1.91 bits per heavy atom. The molecule has 0 aromatic carbocycles. The average molecular weight is 667 g/mol. The number of nitrogens with one attached hydrogen (secondary N) is 1. The van der Waals surface area contributed by atoms with Crippen LogP contribution in [-0.2, 0) is 33.4 Å². The fourth-order valence-corrected chi connectivity index (χ4v) is 9.28.